The van der Waals surface area contributed by atoms with E-state index in [9.17, 15) is 9.59 Å². The van der Waals surface area contributed by atoms with Crippen LogP contribution in [0.15, 0.2) is 40.8 Å². The minimum Gasteiger partial charge on any atom is -0.491 e. The zero-order valence-electron chi connectivity index (χ0n) is 19.3. The molecule has 3 aromatic rings. The third-order valence-corrected chi connectivity index (χ3v) is 6.61. The van der Waals surface area contributed by atoms with E-state index in [1.807, 2.05) is 45.0 Å². The van der Waals surface area contributed by atoms with Crippen molar-refractivity contribution in [3.8, 4) is 11.5 Å². The van der Waals surface area contributed by atoms with Crippen molar-refractivity contribution in [3.63, 3.8) is 0 Å². The molecule has 0 unspecified atom stereocenters. The Hall–Kier alpha value is -3.28. The molecule has 1 spiro atoms. The first-order valence-electron chi connectivity index (χ1n) is 11.7. The second-order valence-electron chi connectivity index (χ2n) is 9.45. The number of furan rings is 1. The van der Waals surface area contributed by atoms with Crippen molar-refractivity contribution >= 4 is 22.7 Å². The van der Waals surface area contributed by atoms with Gasteiger partial charge in [-0.05, 0) is 76.3 Å². The Morgan fingerprint density at radius 2 is 1.85 bits per heavy atom. The van der Waals surface area contributed by atoms with E-state index >= 15 is 0 Å². The average molecular weight is 448 g/mol. The number of benzene rings is 2. The third-order valence-electron chi connectivity index (χ3n) is 6.61. The highest BCUT2D eigenvalue weighted by Gasteiger charge is 2.43. The Bertz CT molecular complexity index is 1220. The van der Waals surface area contributed by atoms with Gasteiger partial charge in [-0.2, -0.15) is 0 Å². The van der Waals surface area contributed by atoms with Crippen LogP contribution in [0.5, 0.6) is 11.5 Å². The maximum atomic E-state index is 13.2. The molecule has 2 aliphatic rings. The van der Waals surface area contributed by atoms with Gasteiger partial charge in [-0.15, -0.1) is 0 Å². The Morgan fingerprint density at radius 3 is 2.55 bits per heavy atom. The molecule has 33 heavy (non-hydrogen) atoms. The first-order valence-corrected chi connectivity index (χ1v) is 11.7. The first kappa shape index (κ1) is 21.6. The van der Waals surface area contributed by atoms with E-state index in [2.05, 4.69) is 5.32 Å². The highest BCUT2D eigenvalue weighted by atomic mass is 16.5. The molecule has 1 aromatic heterocycles. The number of carbonyl (C=O) groups is 2. The average Bonchev–Trinajstić information content (AvgIpc) is 3.36. The fraction of sp³-hybridized carbons (Fsp3) is 0.407. The molecule has 1 aliphatic heterocycles. The second kappa shape index (κ2) is 8.25. The lowest BCUT2D eigenvalue weighted by Crippen LogP contribution is -2.39. The monoisotopic (exact) mass is 447 g/mol. The van der Waals surface area contributed by atoms with E-state index in [-0.39, 0.29) is 29.2 Å². The third kappa shape index (κ3) is 3.99. The molecule has 1 amide bonds. The minimum atomic E-state index is -0.356. The molecule has 0 bridgehead atoms. The summed E-state index contributed by atoms with van der Waals surface area (Å²) in [7, 11) is 0. The molecule has 2 heterocycles. The van der Waals surface area contributed by atoms with Crippen LogP contribution in [-0.4, -0.2) is 23.4 Å². The summed E-state index contributed by atoms with van der Waals surface area (Å²) in [5.74, 6) is 1.40. The Kier molecular flexibility index (Phi) is 5.39. The molecular formula is C27H29NO5. The standard InChI is InChI=1S/C27H29NO5/c1-16(2)31-19-8-6-18(7-9-19)15-28-26(30)25-17(3)23-21(32-25)10-11-22-24(23)20(29)14-27(33-22)12-4-5-13-27/h6-11,16H,4-5,12-15H2,1-3H3,(H,28,30). The van der Waals surface area contributed by atoms with Gasteiger partial charge in [-0.3, -0.25) is 9.59 Å². The van der Waals surface area contributed by atoms with Crippen LogP contribution in [-0.2, 0) is 6.54 Å². The lowest BCUT2D eigenvalue weighted by Gasteiger charge is -2.34. The Balaban J connectivity index is 1.37. The number of hydrogen-bond acceptors (Lipinski definition) is 5. The van der Waals surface area contributed by atoms with Crippen LogP contribution >= 0.6 is 0 Å². The van der Waals surface area contributed by atoms with Gasteiger partial charge >= 0.3 is 0 Å². The second-order valence-corrected chi connectivity index (χ2v) is 9.45. The maximum absolute atomic E-state index is 13.2. The van der Waals surface area contributed by atoms with E-state index < -0.39 is 0 Å². The lowest BCUT2D eigenvalue weighted by molar-refractivity contribution is 0.0454. The molecule has 172 valence electrons. The van der Waals surface area contributed by atoms with Crippen LogP contribution < -0.4 is 14.8 Å². The molecule has 0 atom stereocenters. The lowest BCUT2D eigenvalue weighted by atomic mass is 9.87. The maximum Gasteiger partial charge on any atom is 0.287 e. The van der Waals surface area contributed by atoms with Crippen molar-refractivity contribution < 1.29 is 23.5 Å². The van der Waals surface area contributed by atoms with Gasteiger partial charge in [0, 0.05) is 17.5 Å². The smallest absolute Gasteiger partial charge is 0.287 e. The fourth-order valence-electron chi connectivity index (χ4n) is 5.07. The number of ketones is 1. The summed E-state index contributed by atoms with van der Waals surface area (Å²) in [6.07, 6.45) is 4.51. The molecule has 6 heteroatoms. The molecule has 6 nitrogen and oxygen atoms in total. The van der Waals surface area contributed by atoms with E-state index in [1.165, 1.54) is 0 Å². The summed E-state index contributed by atoms with van der Waals surface area (Å²) in [5, 5.41) is 3.60. The number of carbonyl (C=O) groups excluding carboxylic acids is 2. The molecule has 1 N–H and O–H groups in total. The van der Waals surface area contributed by atoms with Crippen LogP contribution in [0, 0.1) is 6.92 Å². The minimum absolute atomic E-state index is 0.0725. The summed E-state index contributed by atoms with van der Waals surface area (Å²) in [5.41, 5.74) is 2.35. The topological polar surface area (TPSA) is 77.8 Å². The summed E-state index contributed by atoms with van der Waals surface area (Å²) in [4.78, 5) is 26.1. The molecule has 5 rings (SSSR count). The van der Waals surface area contributed by atoms with E-state index in [0.29, 0.717) is 40.8 Å². The number of Topliss-reactive ketones (excluding diaryl/α,β-unsaturated/α-hetero) is 1. The van der Waals surface area contributed by atoms with Crippen molar-refractivity contribution in [1.82, 2.24) is 5.32 Å². The number of ether oxygens (including phenoxy) is 2. The quantitative estimate of drug-likeness (QED) is 0.540. The van der Waals surface area contributed by atoms with Gasteiger partial charge in [-0.1, -0.05) is 12.1 Å². The van der Waals surface area contributed by atoms with Gasteiger partial charge in [0.25, 0.3) is 5.91 Å². The number of amides is 1. The summed E-state index contributed by atoms with van der Waals surface area (Å²) < 4.78 is 17.9. The number of fused-ring (bicyclic) bond motifs is 3. The number of hydrogen-bond donors (Lipinski definition) is 1. The van der Waals surface area contributed by atoms with E-state index in [1.54, 1.807) is 12.1 Å². The zero-order valence-corrected chi connectivity index (χ0v) is 19.3. The number of rotatable bonds is 5. The number of nitrogens with one attached hydrogen (secondary N) is 1. The van der Waals surface area contributed by atoms with E-state index in [4.69, 9.17) is 13.9 Å². The van der Waals surface area contributed by atoms with Crippen LogP contribution in [0.3, 0.4) is 0 Å². The van der Waals surface area contributed by atoms with Crippen molar-refractivity contribution in [2.45, 2.75) is 71.1 Å². The van der Waals surface area contributed by atoms with E-state index in [0.717, 1.165) is 37.0 Å². The van der Waals surface area contributed by atoms with Crippen molar-refractivity contribution in [2.24, 2.45) is 0 Å². The van der Waals surface area contributed by atoms with Crippen molar-refractivity contribution in [3.05, 3.63) is 58.8 Å². The molecular weight excluding hydrogens is 418 g/mol. The molecule has 1 aliphatic carbocycles. The SMILES string of the molecule is Cc1c(C(=O)NCc2ccc(OC(C)C)cc2)oc2ccc3c(c12)C(=O)CC1(CCCC1)O3. The van der Waals surface area contributed by atoms with Crippen LogP contribution in [0.4, 0.5) is 0 Å². The molecule has 0 radical (unpaired) electrons. The van der Waals surface area contributed by atoms with Gasteiger partial charge in [0.15, 0.2) is 11.5 Å². The summed E-state index contributed by atoms with van der Waals surface area (Å²) >= 11 is 0. The molecule has 1 fully saturated rings. The molecule has 0 saturated heterocycles. The number of aryl methyl sites for hydroxylation is 1. The van der Waals surface area contributed by atoms with Gasteiger partial charge < -0.3 is 19.2 Å². The largest absolute Gasteiger partial charge is 0.491 e. The van der Waals surface area contributed by atoms with Gasteiger partial charge in [0.2, 0.25) is 0 Å². The first-order chi connectivity index (χ1) is 15.8. The highest BCUT2D eigenvalue weighted by Crippen LogP contribution is 2.46. The van der Waals surface area contributed by atoms with Gasteiger partial charge in [0.05, 0.1) is 18.1 Å². The Morgan fingerprint density at radius 1 is 1.12 bits per heavy atom. The van der Waals surface area contributed by atoms with Crippen molar-refractivity contribution in [2.75, 3.05) is 0 Å². The van der Waals surface area contributed by atoms with Crippen LogP contribution in [0.25, 0.3) is 11.0 Å². The van der Waals surface area contributed by atoms with Crippen molar-refractivity contribution in [1.29, 1.82) is 0 Å². The Labute approximate surface area is 193 Å². The molecule has 1 saturated carbocycles. The summed E-state index contributed by atoms with van der Waals surface area (Å²) in [6.45, 7) is 6.15. The summed E-state index contributed by atoms with van der Waals surface area (Å²) in [6, 6.07) is 11.2. The van der Waals surface area contributed by atoms with Crippen LogP contribution in [0.1, 0.15) is 78.0 Å². The normalized spacial score (nSPS) is 16.8. The highest BCUT2D eigenvalue weighted by molar-refractivity contribution is 6.13. The van der Waals surface area contributed by atoms with Crippen LogP contribution in [0.2, 0.25) is 0 Å². The fourth-order valence-corrected chi connectivity index (χ4v) is 5.07. The van der Waals surface area contributed by atoms with Gasteiger partial charge in [-0.25, -0.2) is 0 Å². The predicted octanol–water partition coefficient (Wildman–Crippen LogP) is 5.74. The van der Waals surface area contributed by atoms with Gasteiger partial charge in [0.1, 0.15) is 22.7 Å². The zero-order chi connectivity index (χ0) is 23.2. The predicted molar refractivity (Wildman–Crippen MR) is 125 cm³/mol. The molecule has 2 aromatic carbocycles.